The van der Waals surface area contributed by atoms with Gasteiger partial charge in [-0.3, -0.25) is 4.79 Å². The maximum absolute atomic E-state index is 12.1. The molecule has 4 nitrogen and oxygen atoms in total. The van der Waals surface area contributed by atoms with Crippen LogP contribution < -0.4 is 10.2 Å². The Balaban J connectivity index is 1.94. The van der Waals surface area contributed by atoms with Crippen LogP contribution in [-0.2, 0) is 0 Å². The fraction of sp³-hybridized carbons (Fsp3) is 0.250. The molecule has 1 aromatic carbocycles. The summed E-state index contributed by atoms with van der Waals surface area (Å²) in [6.07, 6.45) is 1.56. The van der Waals surface area contributed by atoms with Crippen LogP contribution in [0.1, 0.15) is 17.3 Å². The predicted octanol–water partition coefficient (Wildman–Crippen LogP) is 2.99. The number of hydrogen-bond donors (Lipinski definition) is 1. The molecule has 0 aliphatic rings. The van der Waals surface area contributed by atoms with Crippen molar-refractivity contribution in [3.8, 4) is 0 Å². The third kappa shape index (κ3) is 3.95. The van der Waals surface area contributed by atoms with Crippen molar-refractivity contribution >= 4 is 23.2 Å². The van der Waals surface area contributed by atoms with Gasteiger partial charge in [0.05, 0.1) is 5.56 Å². The topological polar surface area (TPSA) is 45.2 Å². The van der Waals surface area contributed by atoms with Crippen molar-refractivity contribution in [2.75, 3.05) is 18.5 Å². The minimum atomic E-state index is -0.207. The molecule has 110 valence electrons. The zero-order chi connectivity index (χ0) is 15.2. The summed E-state index contributed by atoms with van der Waals surface area (Å²) in [6, 6.07) is 13.6. The highest BCUT2D eigenvalue weighted by atomic mass is 35.5. The van der Waals surface area contributed by atoms with Gasteiger partial charge in [0, 0.05) is 31.5 Å². The Kier molecular flexibility index (Phi) is 5.17. The summed E-state index contributed by atoms with van der Waals surface area (Å²) in [5, 5.41) is 3.11. The average Bonchev–Trinajstić information content (AvgIpc) is 2.52. The molecule has 1 unspecified atom stereocenters. The van der Waals surface area contributed by atoms with Crippen molar-refractivity contribution in [2.24, 2.45) is 0 Å². The smallest absolute Gasteiger partial charge is 0.254 e. The molecule has 1 atom stereocenters. The number of carbonyl (C=O) groups excluding carboxylic acids is 1. The van der Waals surface area contributed by atoms with Gasteiger partial charge in [-0.05, 0) is 31.2 Å². The fourth-order valence-electron chi connectivity index (χ4n) is 1.95. The Morgan fingerprint density at radius 1 is 1.29 bits per heavy atom. The molecule has 0 aliphatic carbocycles. The van der Waals surface area contributed by atoms with Crippen LogP contribution >= 0.6 is 11.6 Å². The van der Waals surface area contributed by atoms with E-state index < -0.39 is 0 Å². The monoisotopic (exact) mass is 303 g/mol. The van der Waals surface area contributed by atoms with Crippen LogP contribution in [0.3, 0.4) is 0 Å². The maximum Gasteiger partial charge on any atom is 0.254 e. The van der Waals surface area contributed by atoms with Crippen molar-refractivity contribution in [1.82, 2.24) is 10.3 Å². The molecule has 5 heteroatoms. The molecule has 0 bridgehead atoms. The second-order valence-electron chi connectivity index (χ2n) is 4.85. The van der Waals surface area contributed by atoms with E-state index in [0.717, 1.165) is 5.69 Å². The number of para-hydroxylation sites is 1. The van der Waals surface area contributed by atoms with E-state index in [4.69, 9.17) is 11.6 Å². The summed E-state index contributed by atoms with van der Waals surface area (Å²) in [7, 11) is 2.00. The van der Waals surface area contributed by atoms with Crippen LogP contribution in [0.4, 0.5) is 5.69 Å². The van der Waals surface area contributed by atoms with Crippen LogP contribution in [0.2, 0.25) is 5.15 Å². The number of carbonyl (C=O) groups is 1. The number of rotatable bonds is 5. The summed E-state index contributed by atoms with van der Waals surface area (Å²) in [4.78, 5) is 18.1. The lowest BCUT2D eigenvalue weighted by atomic mass is 10.2. The molecule has 1 heterocycles. The summed E-state index contributed by atoms with van der Waals surface area (Å²) in [6.45, 7) is 2.58. The largest absolute Gasteiger partial charge is 0.370 e. The van der Waals surface area contributed by atoms with Crippen LogP contribution in [0.15, 0.2) is 48.7 Å². The van der Waals surface area contributed by atoms with E-state index in [0.29, 0.717) is 12.1 Å². The molecule has 0 spiro atoms. The van der Waals surface area contributed by atoms with Gasteiger partial charge in [0.15, 0.2) is 0 Å². The predicted molar refractivity (Wildman–Crippen MR) is 85.9 cm³/mol. The highest BCUT2D eigenvalue weighted by Crippen LogP contribution is 2.14. The standard InChI is InChI=1S/C16H18ClN3O/c1-12(20(2)13-7-4-3-5-8-13)11-19-16(21)14-9-6-10-18-15(14)17/h3-10,12H,11H2,1-2H3,(H,19,21). The first kappa shape index (κ1) is 15.3. The maximum atomic E-state index is 12.1. The van der Waals surface area contributed by atoms with Crippen molar-refractivity contribution < 1.29 is 4.79 Å². The molecule has 0 saturated carbocycles. The van der Waals surface area contributed by atoms with Crippen molar-refractivity contribution in [1.29, 1.82) is 0 Å². The first-order valence-electron chi connectivity index (χ1n) is 6.76. The van der Waals surface area contributed by atoms with Gasteiger partial charge in [0.25, 0.3) is 5.91 Å². The first-order chi connectivity index (χ1) is 10.1. The summed E-state index contributed by atoms with van der Waals surface area (Å²) in [5.41, 5.74) is 1.51. The van der Waals surface area contributed by atoms with Crippen molar-refractivity contribution in [3.05, 3.63) is 59.4 Å². The Hall–Kier alpha value is -2.07. The van der Waals surface area contributed by atoms with Gasteiger partial charge in [0.1, 0.15) is 5.15 Å². The summed E-state index contributed by atoms with van der Waals surface area (Å²) in [5.74, 6) is -0.207. The van der Waals surface area contributed by atoms with Crippen molar-refractivity contribution in [2.45, 2.75) is 13.0 Å². The van der Waals surface area contributed by atoms with Gasteiger partial charge in [-0.25, -0.2) is 4.98 Å². The summed E-state index contributed by atoms with van der Waals surface area (Å²) >= 11 is 5.91. The number of nitrogens with one attached hydrogen (secondary N) is 1. The zero-order valence-electron chi connectivity index (χ0n) is 12.1. The molecular weight excluding hydrogens is 286 g/mol. The number of pyridine rings is 1. The Morgan fingerprint density at radius 2 is 2.00 bits per heavy atom. The van der Waals surface area contributed by atoms with E-state index in [1.807, 2.05) is 37.4 Å². The van der Waals surface area contributed by atoms with E-state index in [-0.39, 0.29) is 17.1 Å². The fourth-order valence-corrected chi connectivity index (χ4v) is 2.15. The molecular formula is C16H18ClN3O. The molecule has 21 heavy (non-hydrogen) atoms. The van der Waals surface area contributed by atoms with Gasteiger partial charge in [0.2, 0.25) is 0 Å². The SMILES string of the molecule is CC(CNC(=O)c1cccnc1Cl)N(C)c1ccccc1. The molecule has 0 fully saturated rings. The van der Waals surface area contributed by atoms with E-state index >= 15 is 0 Å². The molecule has 2 aromatic rings. The quantitative estimate of drug-likeness (QED) is 0.864. The molecule has 0 aliphatic heterocycles. The number of anilines is 1. The molecule has 2 rings (SSSR count). The number of nitrogens with zero attached hydrogens (tertiary/aromatic N) is 2. The van der Waals surface area contributed by atoms with Gasteiger partial charge in [-0.2, -0.15) is 0 Å². The van der Waals surface area contributed by atoms with Gasteiger partial charge < -0.3 is 10.2 Å². The van der Waals surface area contributed by atoms with E-state index in [1.165, 1.54) is 0 Å². The number of aromatic nitrogens is 1. The average molecular weight is 304 g/mol. The highest BCUT2D eigenvalue weighted by Gasteiger charge is 2.14. The third-order valence-electron chi connectivity index (χ3n) is 3.39. The minimum Gasteiger partial charge on any atom is -0.370 e. The second kappa shape index (κ2) is 7.09. The minimum absolute atomic E-state index is 0.159. The molecule has 0 radical (unpaired) electrons. The van der Waals surface area contributed by atoms with E-state index in [1.54, 1.807) is 18.3 Å². The molecule has 1 amide bonds. The lowest BCUT2D eigenvalue weighted by Crippen LogP contribution is -2.40. The van der Waals surface area contributed by atoms with Crippen LogP contribution in [-0.4, -0.2) is 30.5 Å². The number of likely N-dealkylation sites (N-methyl/N-ethyl adjacent to an activating group) is 1. The van der Waals surface area contributed by atoms with Gasteiger partial charge in [-0.15, -0.1) is 0 Å². The molecule has 0 saturated heterocycles. The van der Waals surface area contributed by atoms with Gasteiger partial charge >= 0.3 is 0 Å². The normalized spacial score (nSPS) is 11.8. The number of amides is 1. The van der Waals surface area contributed by atoms with E-state index in [2.05, 4.69) is 22.1 Å². The third-order valence-corrected chi connectivity index (χ3v) is 3.69. The second-order valence-corrected chi connectivity index (χ2v) is 5.21. The van der Waals surface area contributed by atoms with Crippen LogP contribution in [0.5, 0.6) is 0 Å². The van der Waals surface area contributed by atoms with Crippen molar-refractivity contribution in [3.63, 3.8) is 0 Å². The lowest BCUT2D eigenvalue weighted by molar-refractivity contribution is 0.0951. The van der Waals surface area contributed by atoms with Crippen LogP contribution in [0, 0.1) is 0 Å². The molecule has 1 N–H and O–H groups in total. The number of benzene rings is 1. The lowest BCUT2D eigenvalue weighted by Gasteiger charge is -2.27. The highest BCUT2D eigenvalue weighted by molar-refractivity contribution is 6.32. The Bertz CT molecular complexity index is 603. The van der Waals surface area contributed by atoms with Gasteiger partial charge in [-0.1, -0.05) is 29.8 Å². The summed E-state index contributed by atoms with van der Waals surface area (Å²) < 4.78 is 0. The Labute approximate surface area is 129 Å². The first-order valence-corrected chi connectivity index (χ1v) is 7.14. The van der Waals surface area contributed by atoms with E-state index in [9.17, 15) is 4.79 Å². The van der Waals surface area contributed by atoms with Crippen LogP contribution in [0.25, 0.3) is 0 Å². The zero-order valence-corrected chi connectivity index (χ0v) is 12.8. The number of halogens is 1. The Morgan fingerprint density at radius 3 is 2.67 bits per heavy atom. The molecule has 1 aromatic heterocycles. The number of hydrogen-bond acceptors (Lipinski definition) is 3.